The van der Waals surface area contributed by atoms with Crippen LogP contribution < -0.4 is 11.1 Å². The van der Waals surface area contributed by atoms with Crippen LogP contribution >= 0.6 is 0 Å². The molecule has 0 aromatic carbocycles. The van der Waals surface area contributed by atoms with Gasteiger partial charge in [-0.3, -0.25) is 4.79 Å². The van der Waals surface area contributed by atoms with Crippen molar-refractivity contribution in [3.8, 4) is 5.82 Å². The number of aromatic nitrogens is 4. The van der Waals surface area contributed by atoms with E-state index < -0.39 is 6.04 Å². The van der Waals surface area contributed by atoms with Gasteiger partial charge in [0.1, 0.15) is 12.7 Å². The third kappa shape index (κ3) is 3.14. The van der Waals surface area contributed by atoms with Crippen LogP contribution in [0.3, 0.4) is 0 Å². The fourth-order valence-electron chi connectivity index (χ4n) is 1.45. The summed E-state index contributed by atoms with van der Waals surface area (Å²) >= 11 is 0. The Kier molecular flexibility index (Phi) is 3.86. The first-order chi connectivity index (χ1) is 9.08. The van der Waals surface area contributed by atoms with Gasteiger partial charge in [-0.2, -0.15) is 5.10 Å². The van der Waals surface area contributed by atoms with Crippen LogP contribution in [0.15, 0.2) is 31.0 Å². The second-order valence-electron chi connectivity index (χ2n) is 4.50. The van der Waals surface area contributed by atoms with Crippen molar-refractivity contribution in [1.29, 1.82) is 0 Å². The van der Waals surface area contributed by atoms with Crippen molar-refractivity contribution >= 4 is 11.6 Å². The summed E-state index contributed by atoms with van der Waals surface area (Å²) in [7, 11) is 0. The molecule has 0 fully saturated rings. The number of anilines is 1. The Bertz CT molecular complexity index is 534. The van der Waals surface area contributed by atoms with Gasteiger partial charge in [0.15, 0.2) is 5.82 Å². The Hall–Kier alpha value is -2.28. The first-order valence-corrected chi connectivity index (χ1v) is 5.95. The lowest BCUT2D eigenvalue weighted by molar-refractivity contribution is -0.118. The van der Waals surface area contributed by atoms with E-state index in [1.807, 2.05) is 13.8 Å². The van der Waals surface area contributed by atoms with Crippen LogP contribution in [0.5, 0.6) is 0 Å². The average molecular weight is 260 g/mol. The van der Waals surface area contributed by atoms with Crippen LogP contribution in [0, 0.1) is 5.92 Å². The predicted octanol–water partition coefficient (Wildman–Crippen LogP) is 0.584. The average Bonchev–Trinajstić information content (AvgIpc) is 2.92. The summed E-state index contributed by atoms with van der Waals surface area (Å²) < 4.78 is 1.53. The zero-order chi connectivity index (χ0) is 13.8. The van der Waals surface area contributed by atoms with E-state index in [0.717, 1.165) is 0 Å². The monoisotopic (exact) mass is 260 g/mol. The molecule has 0 aliphatic carbocycles. The van der Waals surface area contributed by atoms with Gasteiger partial charge in [-0.05, 0) is 18.1 Å². The van der Waals surface area contributed by atoms with Gasteiger partial charge >= 0.3 is 0 Å². The van der Waals surface area contributed by atoms with Crippen molar-refractivity contribution < 1.29 is 4.79 Å². The third-order valence-electron chi connectivity index (χ3n) is 2.69. The predicted molar refractivity (Wildman–Crippen MR) is 70.6 cm³/mol. The van der Waals surface area contributed by atoms with E-state index in [0.29, 0.717) is 11.5 Å². The Morgan fingerprint density at radius 1 is 1.42 bits per heavy atom. The Morgan fingerprint density at radius 2 is 2.21 bits per heavy atom. The van der Waals surface area contributed by atoms with Gasteiger partial charge in [0.25, 0.3) is 0 Å². The number of carbonyl (C=O) groups excluding carboxylic acids is 1. The minimum absolute atomic E-state index is 0.0855. The second-order valence-corrected chi connectivity index (χ2v) is 4.50. The van der Waals surface area contributed by atoms with Crippen LogP contribution in [0.4, 0.5) is 5.69 Å². The SMILES string of the molecule is CC(C)C(N)C(=O)Nc1ccc(-n2cncn2)nc1. The Morgan fingerprint density at radius 3 is 2.74 bits per heavy atom. The molecule has 1 unspecified atom stereocenters. The quantitative estimate of drug-likeness (QED) is 0.838. The third-order valence-corrected chi connectivity index (χ3v) is 2.69. The van der Waals surface area contributed by atoms with E-state index >= 15 is 0 Å². The van der Waals surface area contributed by atoms with Crippen LogP contribution in [-0.4, -0.2) is 31.7 Å². The summed E-state index contributed by atoms with van der Waals surface area (Å²) in [5.41, 5.74) is 6.36. The zero-order valence-corrected chi connectivity index (χ0v) is 10.8. The van der Waals surface area contributed by atoms with Gasteiger partial charge in [0.2, 0.25) is 5.91 Å². The zero-order valence-electron chi connectivity index (χ0n) is 10.8. The molecule has 2 aromatic rings. The van der Waals surface area contributed by atoms with Crippen LogP contribution in [0.2, 0.25) is 0 Å². The number of nitrogens with two attached hydrogens (primary N) is 1. The van der Waals surface area contributed by atoms with Crippen molar-refractivity contribution in [1.82, 2.24) is 19.7 Å². The molecular formula is C12H16N6O. The Labute approximate surface area is 110 Å². The minimum atomic E-state index is -0.532. The van der Waals surface area contributed by atoms with Gasteiger partial charge < -0.3 is 11.1 Å². The van der Waals surface area contributed by atoms with Crippen LogP contribution in [-0.2, 0) is 4.79 Å². The molecule has 2 heterocycles. The molecule has 2 rings (SSSR count). The number of hydrogen-bond donors (Lipinski definition) is 2. The molecule has 1 amide bonds. The maximum absolute atomic E-state index is 11.8. The van der Waals surface area contributed by atoms with Crippen LogP contribution in [0.25, 0.3) is 5.82 Å². The molecule has 7 heteroatoms. The summed E-state index contributed by atoms with van der Waals surface area (Å²) in [4.78, 5) is 19.8. The molecule has 3 N–H and O–H groups in total. The summed E-state index contributed by atoms with van der Waals surface area (Å²) in [6.07, 6.45) is 4.54. The van der Waals surface area contributed by atoms with Crippen molar-refractivity contribution in [2.45, 2.75) is 19.9 Å². The van der Waals surface area contributed by atoms with E-state index in [1.165, 1.54) is 11.0 Å². The summed E-state index contributed by atoms with van der Waals surface area (Å²) in [5, 5.41) is 6.69. The lowest BCUT2D eigenvalue weighted by Crippen LogP contribution is -2.39. The fraction of sp³-hybridized carbons (Fsp3) is 0.333. The molecule has 0 aliphatic heterocycles. The van der Waals surface area contributed by atoms with Crippen molar-refractivity contribution in [2.75, 3.05) is 5.32 Å². The maximum atomic E-state index is 11.8. The highest BCUT2D eigenvalue weighted by Crippen LogP contribution is 2.10. The summed E-state index contributed by atoms with van der Waals surface area (Å²) in [5.74, 6) is 0.497. The topological polar surface area (TPSA) is 98.7 Å². The first-order valence-electron chi connectivity index (χ1n) is 5.95. The van der Waals surface area contributed by atoms with Gasteiger partial charge in [-0.1, -0.05) is 13.8 Å². The summed E-state index contributed by atoms with van der Waals surface area (Å²) in [6.45, 7) is 3.80. The molecule has 0 bridgehead atoms. The van der Waals surface area contributed by atoms with E-state index in [2.05, 4.69) is 20.4 Å². The van der Waals surface area contributed by atoms with Crippen molar-refractivity contribution in [3.05, 3.63) is 31.0 Å². The molecule has 1 atom stereocenters. The number of amides is 1. The Balaban J connectivity index is 2.05. The standard InChI is InChI=1S/C12H16N6O/c1-8(2)11(13)12(19)17-9-3-4-10(15-5-9)18-7-14-6-16-18/h3-8,11H,13H2,1-2H3,(H,17,19). The second kappa shape index (κ2) is 5.57. The van der Waals surface area contributed by atoms with Gasteiger partial charge in [0, 0.05) is 0 Å². The molecular weight excluding hydrogens is 244 g/mol. The van der Waals surface area contributed by atoms with E-state index in [-0.39, 0.29) is 11.8 Å². The molecule has 19 heavy (non-hydrogen) atoms. The molecule has 2 aromatic heterocycles. The largest absolute Gasteiger partial charge is 0.323 e. The van der Waals surface area contributed by atoms with E-state index in [1.54, 1.807) is 24.7 Å². The number of nitrogens with zero attached hydrogens (tertiary/aromatic N) is 4. The normalized spacial score (nSPS) is 12.4. The maximum Gasteiger partial charge on any atom is 0.241 e. The molecule has 0 radical (unpaired) electrons. The van der Waals surface area contributed by atoms with Gasteiger partial charge in [-0.25, -0.2) is 14.6 Å². The highest BCUT2D eigenvalue weighted by Gasteiger charge is 2.17. The van der Waals surface area contributed by atoms with Crippen LogP contribution in [0.1, 0.15) is 13.8 Å². The number of carbonyl (C=O) groups is 1. The molecule has 0 saturated carbocycles. The van der Waals surface area contributed by atoms with E-state index in [9.17, 15) is 4.79 Å². The van der Waals surface area contributed by atoms with Crippen molar-refractivity contribution in [3.63, 3.8) is 0 Å². The lowest BCUT2D eigenvalue weighted by Gasteiger charge is -2.15. The van der Waals surface area contributed by atoms with Gasteiger partial charge in [0.05, 0.1) is 17.9 Å². The lowest BCUT2D eigenvalue weighted by atomic mass is 10.1. The molecule has 0 aliphatic rings. The van der Waals surface area contributed by atoms with E-state index in [4.69, 9.17) is 5.73 Å². The van der Waals surface area contributed by atoms with Crippen molar-refractivity contribution in [2.24, 2.45) is 11.7 Å². The molecule has 0 saturated heterocycles. The fourth-order valence-corrected chi connectivity index (χ4v) is 1.45. The highest BCUT2D eigenvalue weighted by atomic mass is 16.2. The minimum Gasteiger partial charge on any atom is -0.323 e. The number of nitrogens with one attached hydrogen (secondary N) is 1. The summed E-state index contributed by atoms with van der Waals surface area (Å²) in [6, 6.07) is 2.95. The first kappa shape index (κ1) is 13.2. The van der Waals surface area contributed by atoms with Gasteiger partial charge in [-0.15, -0.1) is 0 Å². The number of pyridine rings is 1. The molecule has 0 spiro atoms. The molecule has 7 nitrogen and oxygen atoms in total. The smallest absolute Gasteiger partial charge is 0.241 e. The number of hydrogen-bond acceptors (Lipinski definition) is 5. The highest BCUT2D eigenvalue weighted by molar-refractivity contribution is 5.94. The number of rotatable bonds is 4. The molecule has 100 valence electrons.